The number of imidazole rings is 1. The predicted molar refractivity (Wildman–Crippen MR) is 143 cm³/mol. The normalized spacial score (nSPS) is 15.3. The monoisotopic (exact) mass is 488 g/mol. The number of nitrogens with zero attached hydrogens (tertiary/aromatic N) is 3. The van der Waals surface area contributed by atoms with Gasteiger partial charge in [-0.15, -0.1) is 0 Å². The number of anilines is 1. The molecule has 0 unspecified atom stereocenters. The molecule has 0 bridgehead atoms. The van der Waals surface area contributed by atoms with Crippen LogP contribution in [0.4, 0.5) is 10.1 Å². The number of hydrogen-bond acceptors (Lipinski definition) is 4. The van der Waals surface area contributed by atoms with Crippen LogP contribution in [0.25, 0.3) is 16.6 Å². The zero-order chi connectivity index (χ0) is 25.5. The number of aromatic amines is 1. The summed E-state index contributed by atoms with van der Waals surface area (Å²) in [4.78, 5) is 23.5. The second-order valence-corrected chi connectivity index (χ2v) is 8.95. The molecule has 6 nitrogen and oxygen atoms in total. The fourth-order valence-electron chi connectivity index (χ4n) is 4.42. The molecule has 4 rings (SSSR count). The van der Waals surface area contributed by atoms with Gasteiger partial charge in [-0.3, -0.25) is 4.79 Å². The first kappa shape index (κ1) is 25.2. The van der Waals surface area contributed by atoms with Crippen molar-refractivity contribution in [2.24, 2.45) is 0 Å². The molecule has 1 saturated heterocycles. The average molecular weight is 489 g/mol. The van der Waals surface area contributed by atoms with Crippen LogP contribution in [0.5, 0.6) is 0 Å². The van der Waals surface area contributed by atoms with Gasteiger partial charge in [0.05, 0.1) is 17.5 Å². The average Bonchev–Trinajstić information content (AvgIpc) is 3.29. The van der Waals surface area contributed by atoms with E-state index in [1.807, 2.05) is 37.3 Å². The molecule has 36 heavy (non-hydrogen) atoms. The highest BCUT2D eigenvalue weighted by molar-refractivity contribution is 5.81. The van der Waals surface area contributed by atoms with E-state index in [0.29, 0.717) is 5.52 Å². The molecule has 0 aliphatic carbocycles. The lowest BCUT2D eigenvalue weighted by Gasteiger charge is -2.38. The van der Waals surface area contributed by atoms with Crippen molar-refractivity contribution in [3.8, 4) is 0 Å². The van der Waals surface area contributed by atoms with E-state index in [9.17, 15) is 9.18 Å². The van der Waals surface area contributed by atoms with Crippen LogP contribution < -0.4 is 4.90 Å². The van der Waals surface area contributed by atoms with Crippen LogP contribution in [0.1, 0.15) is 38.1 Å². The quantitative estimate of drug-likeness (QED) is 0.373. The third kappa shape index (κ3) is 6.22. The van der Waals surface area contributed by atoms with Crippen molar-refractivity contribution in [3.05, 3.63) is 89.7 Å². The zero-order valence-electron chi connectivity index (χ0n) is 20.9. The molecule has 3 aromatic rings. The number of piperazine rings is 1. The molecule has 188 valence electrons. The second kappa shape index (κ2) is 11.7. The van der Waals surface area contributed by atoms with Crippen molar-refractivity contribution in [3.63, 3.8) is 0 Å². The molecule has 2 N–H and O–H groups in total. The number of rotatable bonds is 9. The molecular formula is C29H33FN4O2. The fourth-order valence-corrected chi connectivity index (χ4v) is 4.42. The number of benzene rings is 2. The summed E-state index contributed by atoms with van der Waals surface area (Å²) in [6.45, 7) is 7.72. The predicted octanol–water partition coefficient (Wildman–Crippen LogP) is 5.79. The molecule has 0 amide bonds. The highest BCUT2D eigenvalue weighted by Crippen LogP contribution is 2.23. The van der Waals surface area contributed by atoms with Gasteiger partial charge in [-0.05, 0) is 61.4 Å². The number of unbranched alkanes of at least 4 members (excludes halogenated alkanes) is 1. The third-order valence-electron chi connectivity index (χ3n) is 6.41. The van der Waals surface area contributed by atoms with Crippen LogP contribution >= 0.6 is 0 Å². The van der Waals surface area contributed by atoms with E-state index in [-0.39, 0.29) is 12.2 Å². The molecule has 7 heteroatoms. The third-order valence-corrected chi connectivity index (χ3v) is 6.41. The van der Waals surface area contributed by atoms with Gasteiger partial charge < -0.3 is 19.9 Å². The Morgan fingerprint density at radius 1 is 1.11 bits per heavy atom. The molecule has 2 heterocycles. The summed E-state index contributed by atoms with van der Waals surface area (Å²) in [5.41, 5.74) is 5.51. The summed E-state index contributed by atoms with van der Waals surface area (Å²) in [6, 6.07) is 12.4. The number of aromatic nitrogens is 2. The van der Waals surface area contributed by atoms with Crippen LogP contribution in [-0.2, 0) is 11.2 Å². The highest BCUT2D eigenvalue weighted by atomic mass is 19.1. The summed E-state index contributed by atoms with van der Waals surface area (Å²) in [7, 11) is 0. The number of fused-ring (bicyclic) bond motifs is 1. The van der Waals surface area contributed by atoms with E-state index in [0.717, 1.165) is 67.2 Å². The van der Waals surface area contributed by atoms with Gasteiger partial charge in [-0.2, -0.15) is 0 Å². The molecule has 1 aliphatic heterocycles. The minimum absolute atomic E-state index is 0.0467. The zero-order valence-corrected chi connectivity index (χ0v) is 20.9. The lowest BCUT2D eigenvalue weighted by atomic mass is 10.1. The first-order chi connectivity index (χ1) is 17.5. The molecule has 1 aromatic heterocycles. The Hall–Kier alpha value is -3.87. The topological polar surface area (TPSA) is 72.5 Å². The van der Waals surface area contributed by atoms with Crippen molar-refractivity contribution in [1.29, 1.82) is 0 Å². The van der Waals surface area contributed by atoms with Crippen molar-refractivity contribution >= 4 is 28.3 Å². The minimum atomic E-state index is -0.814. The van der Waals surface area contributed by atoms with Gasteiger partial charge in [0.25, 0.3) is 0 Å². The SMILES string of the molecule is C/C=C(\C=C/C(=CCCC)N1CCN(c2ccc(CC(=O)O)cc2)CC1)c1nc2ccc(F)cc2[nH]1. The van der Waals surface area contributed by atoms with Crippen molar-refractivity contribution in [2.45, 2.75) is 33.1 Å². The summed E-state index contributed by atoms with van der Waals surface area (Å²) in [6.07, 6.45) is 10.6. The Bertz CT molecular complexity index is 1280. The maximum atomic E-state index is 13.6. The number of allylic oxidation sites excluding steroid dienone is 5. The Labute approximate surface area is 211 Å². The lowest BCUT2D eigenvalue weighted by Crippen LogP contribution is -2.45. The largest absolute Gasteiger partial charge is 0.481 e. The van der Waals surface area contributed by atoms with E-state index in [1.165, 1.54) is 17.8 Å². The van der Waals surface area contributed by atoms with Gasteiger partial charge in [-0.1, -0.05) is 37.6 Å². The summed E-state index contributed by atoms with van der Waals surface area (Å²) >= 11 is 0. The standard InChI is InChI=1S/C29H33FN4O2/c1-3-5-6-24(13-9-22(4-2)29-31-26-14-10-23(30)20-27(26)32-29)33-15-17-34(18-16-33)25-11-7-21(8-12-25)19-28(35)36/h4,6-14,20H,3,5,15-19H2,1-2H3,(H,31,32)(H,35,36)/b13-9-,22-4+,24-6?. The molecule has 0 radical (unpaired) electrons. The first-order valence-corrected chi connectivity index (χ1v) is 12.5. The van der Waals surface area contributed by atoms with Crippen LogP contribution in [0.2, 0.25) is 0 Å². The molecule has 0 saturated carbocycles. The summed E-state index contributed by atoms with van der Waals surface area (Å²) < 4.78 is 13.6. The minimum Gasteiger partial charge on any atom is -0.481 e. The number of hydrogen-bond donors (Lipinski definition) is 2. The Balaban J connectivity index is 1.44. The first-order valence-electron chi connectivity index (χ1n) is 12.5. The van der Waals surface area contributed by atoms with Gasteiger partial charge >= 0.3 is 5.97 Å². The lowest BCUT2D eigenvalue weighted by molar-refractivity contribution is -0.136. The molecule has 0 atom stereocenters. The number of halogens is 1. The molecule has 1 aliphatic rings. The van der Waals surface area contributed by atoms with Crippen LogP contribution in [-0.4, -0.2) is 52.1 Å². The van der Waals surface area contributed by atoms with Crippen molar-refractivity contribution in [1.82, 2.24) is 14.9 Å². The van der Waals surface area contributed by atoms with E-state index in [1.54, 1.807) is 6.07 Å². The van der Waals surface area contributed by atoms with E-state index in [4.69, 9.17) is 5.11 Å². The summed E-state index contributed by atoms with van der Waals surface area (Å²) in [5, 5.41) is 8.98. The van der Waals surface area contributed by atoms with E-state index < -0.39 is 5.97 Å². The van der Waals surface area contributed by atoms with Gasteiger partial charge in [0.15, 0.2) is 0 Å². The van der Waals surface area contributed by atoms with Gasteiger partial charge in [0.1, 0.15) is 11.6 Å². The van der Waals surface area contributed by atoms with Crippen LogP contribution in [0.15, 0.2) is 72.5 Å². The summed E-state index contributed by atoms with van der Waals surface area (Å²) in [5.74, 6) is -0.373. The second-order valence-electron chi connectivity index (χ2n) is 8.95. The number of aliphatic carboxylic acids is 1. The molecule has 0 spiro atoms. The van der Waals surface area contributed by atoms with Crippen molar-refractivity contribution < 1.29 is 14.3 Å². The molecular weight excluding hydrogens is 455 g/mol. The Kier molecular flexibility index (Phi) is 8.21. The maximum Gasteiger partial charge on any atom is 0.307 e. The smallest absolute Gasteiger partial charge is 0.307 e. The number of carboxylic acid groups (broad SMARTS) is 1. The molecule has 2 aromatic carbocycles. The van der Waals surface area contributed by atoms with Crippen LogP contribution in [0, 0.1) is 5.82 Å². The molecule has 1 fully saturated rings. The number of carboxylic acids is 1. The maximum absolute atomic E-state index is 13.6. The van der Waals surface area contributed by atoms with E-state index >= 15 is 0 Å². The number of H-pyrrole nitrogens is 1. The number of nitrogens with one attached hydrogen (secondary N) is 1. The fraction of sp³-hybridized carbons (Fsp3) is 0.310. The van der Waals surface area contributed by atoms with Gasteiger partial charge in [0.2, 0.25) is 0 Å². The Morgan fingerprint density at radius 2 is 1.86 bits per heavy atom. The van der Waals surface area contributed by atoms with E-state index in [2.05, 4.69) is 44.9 Å². The van der Waals surface area contributed by atoms with Crippen LogP contribution in [0.3, 0.4) is 0 Å². The van der Waals surface area contributed by atoms with Gasteiger partial charge in [0, 0.05) is 43.1 Å². The highest BCUT2D eigenvalue weighted by Gasteiger charge is 2.18. The van der Waals surface area contributed by atoms with Gasteiger partial charge in [-0.25, -0.2) is 9.37 Å². The number of carbonyl (C=O) groups is 1. The van der Waals surface area contributed by atoms with Crippen molar-refractivity contribution in [2.75, 3.05) is 31.1 Å². The Morgan fingerprint density at radius 3 is 2.53 bits per heavy atom.